The molecule has 74 valence electrons. The number of furan rings is 1. The van der Waals surface area contributed by atoms with Crippen LogP contribution in [0.1, 0.15) is 32.4 Å². The van der Waals surface area contributed by atoms with Gasteiger partial charge in [0.1, 0.15) is 0 Å². The Labute approximate surface area is 83.5 Å². The van der Waals surface area contributed by atoms with Gasteiger partial charge in [-0.25, -0.2) is 0 Å². The molecule has 0 saturated heterocycles. The van der Waals surface area contributed by atoms with Crippen molar-refractivity contribution in [3.05, 3.63) is 23.1 Å². The summed E-state index contributed by atoms with van der Waals surface area (Å²) in [5.41, 5.74) is 0.683. The molecule has 2 unspecified atom stereocenters. The standard InChI is InChI=1S/C10H15ClO2/c1-6(2)7(3)9(12)8-4-5-13-10(8)11/h4-7,9,12H,1-3H3. The molecule has 1 rings (SSSR count). The minimum absolute atomic E-state index is 0.176. The van der Waals surface area contributed by atoms with Crippen molar-refractivity contribution in [2.75, 3.05) is 0 Å². The van der Waals surface area contributed by atoms with Gasteiger partial charge in [0.05, 0.1) is 12.4 Å². The van der Waals surface area contributed by atoms with Crippen molar-refractivity contribution >= 4 is 11.6 Å². The lowest BCUT2D eigenvalue weighted by molar-refractivity contribution is 0.0916. The fourth-order valence-electron chi connectivity index (χ4n) is 1.16. The van der Waals surface area contributed by atoms with Crippen LogP contribution in [-0.2, 0) is 0 Å². The van der Waals surface area contributed by atoms with Crippen molar-refractivity contribution in [2.45, 2.75) is 26.9 Å². The molecule has 1 N–H and O–H groups in total. The predicted octanol–water partition coefficient (Wildman–Crippen LogP) is 3.26. The van der Waals surface area contributed by atoms with Gasteiger partial charge in [0, 0.05) is 5.56 Å². The van der Waals surface area contributed by atoms with E-state index in [1.54, 1.807) is 6.07 Å². The van der Waals surface area contributed by atoms with E-state index in [1.807, 2.05) is 6.92 Å². The normalized spacial score (nSPS) is 16.2. The van der Waals surface area contributed by atoms with Crippen LogP contribution in [-0.4, -0.2) is 5.11 Å². The Morgan fingerprint density at radius 2 is 2.00 bits per heavy atom. The van der Waals surface area contributed by atoms with Gasteiger partial charge in [-0.3, -0.25) is 0 Å². The van der Waals surface area contributed by atoms with E-state index in [0.717, 1.165) is 0 Å². The molecule has 0 spiro atoms. The first kappa shape index (κ1) is 10.6. The maximum absolute atomic E-state index is 9.88. The largest absolute Gasteiger partial charge is 0.453 e. The van der Waals surface area contributed by atoms with Crippen molar-refractivity contribution in [3.8, 4) is 0 Å². The van der Waals surface area contributed by atoms with E-state index in [2.05, 4.69) is 13.8 Å². The van der Waals surface area contributed by atoms with E-state index in [-0.39, 0.29) is 5.92 Å². The van der Waals surface area contributed by atoms with Crippen LogP contribution in [0, 0.1) is 11.8 Å². The molecule has 1 aromatic rings. The van der Waals surface area contributed by atoms with Gasteiger partial charge < -0.3 is 9.52 Å². The average molecular weight is 203 g/mol. The molecule has 3 heteroatoms. The van der Waals surface area contributed by atoms with Crippen LogP contribution in [0.25, 0.3) is 0 Å². The second kappa shape index (κ2) is 4.16. The van der Waals surface area contributed by atoms with Crippen molar-refractivity contribution < 1.29 is 9.52 Å². The molecular weight excluding hydrogens is 188 g/mol. The third-order valence-electron chi connectivity index (χ3n) is 2.51. The molecule has 13 heavy (non-hydrogen) atoms. The van der Waals surface area contributed by atoms with Gasteiger partial charge in [0.25, 0.3) is 0 Å². The van der Waals surface area contributed by atoms with Crippen molar-refractivity contribution in [3.63, 3.8) is 0 Å². The van der Waals surface area contributed by atoms with Gasteiger partial charge in [0.15, 0.2) is 5.22 Å². The highest BCUT2D eigenvalue weighted by Crippen LogP contribution is 2.32. The molecule has 0 bridgehead atoms. The maximum Gasteiger partial charge on any atom is 0.198 e. The monoisotopic (exact) mass is 202 g/mol. The minimum atomic E-state index is -0.536. The molecule has 2 atom stereocenters. The number of hydrogen-bond acceptors (Lipinski definition) is 2. The molecule has 1 aromatic heterocycles. The maximum atomic E-state index is 9.88. The molecule has 0 radical (unpaired) electrons. The summed E-state index contributed by atoms with van der Waals surface area (Å²) in [6, 6.07) is 1.71. The highest BCUT2D eigenvalue weighted by molar-refractivity contribution is 6.29. The van der Waals surface area contributed by atoms with Crippen LogP contribution in [0.2, 0.25) is 5.22 Å². The molecular formula is C10H15ClO2. The zero-order chi connectivity index (χ0) is 10.0. The van der Waals surface area contributed by atoms with E-state index in [4.69, 9.17) is 16.0 Å². The summed E-state index contributed by atoms with van der Waals surface area (Å²) in [5, 5.41) is 10.2. The Kier molecular flexibility index (Phi) is 3.40. The highest BCUT2D eigenvalue weighted by atomic mass is 35.5. The molecule has 0 fully saturated rings. The molecule has 0 amide bonds. The van der Waals surface area contributed by atoms with Gasteiger partial charge >= 0.3 is 0 Å². The van der Waals surface area contributed by atoms with Crippen LogP contribution in [0.3, 0.4) is 0 Å². The van der Waals surface area contributed by atoms with Crippen LogP contribution in [0.15, 0.2) is 16.7 Å². The van der Waals surface area contributed by atoms with Gasteiger partial charge in [-0.1, -0.05) is 20.8 Å². The zero-order valence-corrected chi connectivity index (χ0v) is 8.88. The quantitative estimate of drug-likeness (QED) is 0.816. The van der Waals surface area contributed by atoms with E-state index in [9.17, 15) is 5.11 Å². The van der Waals surface area contributed by atoms with Gasteiger partial charge in [-0.15, -0.1) is 0 Å². The molecule has 2 nitrogen and oxygen atoms in total. The summed E-state index contributed by atoms with van der Waals surface area (Å²) in [4.78, 5) is 0. The van der Waals surface area contributed by atoms with Crippen LogP contribution < -0.4 is 0 Å². The average Bonchev–Trinajstić information content (AvgIpc) is 2.48. The van der Waals surface area contributed by atoms with E-state index in [0.29, 0.717) is 16.7 Å². The second-order valence-electron chi connectivity index (χ2n) is 3.70. The van der Waals surface area contributed by atoms with Gasteiger partial charge in [0.2, 0.25) is 0 Å². The first-order chi connectivity index (χ1) is 6.04. The topological polar surface area (TPSA) is 33.4 Å². The SMILES string of the molecule is CC(C)C(C)C(O)c1ccoc1Cl. The lowest BCUT2D eigenvalue weighted by Gasteiger charge is -2.21. The van der Waals surface area contributed by atoms with Crippen molar-refractivity contribution in [1.29, 1.82) is 0 Å². The Balaban J connectivity index is 2.79. The zero-order valence-electron chi connectivity index (χ0n) is 8.12. The van der Waals surface area contributed by atoms with Crippen molar-refractivity contribution in [2.24, 2.45) is 11.8 Å². The van der Waals surface area contributed by atoms with E-state index in [1.165, 1.54) is 6.26 Å². The smallest absolute Gasteiger partial charge is 0.198 e. The van der Waals surface area contributed by atoms with E-state index >= 15 is 0 Å². The highest BCUT2D eigenvalue weighted by Gasteiger charge is 2.22. The van der Waals surface area contributed by atoms with E-state index < -0.39 is 6.10 Å². The molecule has 0 aliphatic rings. The summed E-state index contributed by atoms with van der Waals surface area (Å²) >= 11 is 5.76. The summed E-state index contributed by atoms with van der Waals surface area (Å²) in [5.74, 6) is 0.594. The fourth-order valence-corrected chi connectivity index (χ4v) is 1.39. The Hall–Kier alpha value is -0.470. The van der Waals surface area contributed by atoms with Crippen LogP contribution in [0.4, 0.5) is 0 Å². The summed E-state index contributed by atoms with van der Waals surface area (Å²) in [6.07, 6.45) is 0.958. The number of hydrogen-bond donors (Lipinski definition) is 1. The Bertz CT molecular complexity index is 268. The summed E-state index contributed by atoms with van der Waals surface area (Å²) < 4.78 is 4.92. The minimum Gasteiger partial charge on any atom is -0.453 e. The lowest BCUT2D eigenvalue weighted by Crippen LogP contribution is -2.14. The Morgan fingerprint density at radius 3 is 2.38 bits per heavy atom. The summed E-state index contributed by atoms with van der Waals surface area (Å²) in [6.45, 7) is 6.14. The molecule has 0 aliphatic heterocycles. The summed E-state index contributed by atoms with van der Waals surface area (Å²) in [7, 11) is 0. The number of halogens is 1. The third kappa shape index (κ3) is 2.26. The van der Waals surface area contributed by atoms with Crippen molar-refractivity contribution in [1.82, 2.24) is 0 Å². The second-order valence-corrected chi connectivity index (χ2v) is 4.04. The molecule has 1 heterocycles. The van der Waals surface area contributed by atoms with Gasteiger partial charge in [-0.05, 0) is 29.5 Å². The number of aliphatic hydroxyl groups excluding tert-OH is 1. The lowest BCUT2D eigenvalue weighted by atomic mass is 9.89. The van der Waals surface area contributed by atoms with Gasteiger partial charge in [-0.2, -0.15) is 0 Å². The predicted molar refractivity (Wildman–Crippen MR) is 52.7 cm³/mol. The Morgan fingerprint density at radius 1 is 1.38 bits per heavy atom. The molecule has 0 saturated carbocycles. The molecule has 0 aliphatic carbocycles. The number of aliphatic hydroxyl groups is 1. The third-order valence-corrected chi connectivity index (χ3v) is 2.82. The first-order valence-corrected chi connectivity index (χ1v) is 4.82. The number of rotatable bonds is 3. The molecule has 0 aromatic carbocycles. The van der Waals surface area contributed by atoms with Crippen LogP contribution in [0.5, 0.6) is 0 Å². The van der Waals surface area contributed by atoms with Crippen LogP contribution >= 0.6 is 11.6 Å². The first-order valence-electron chi connectivity index (χ1n) is 4.45. The fraction of sp³-hybridized carbons (Fsp3) is 0.600.